The summed E-state index contributed by atoms with van der Waals surface area (Å²) < 4.78 is 1.10. The minimum absolute atomic E-state index is 0. The summed E-state index contributed by atoms with van der Waals surface area (Å²) in [4.78, 5) is 13.3. The summed E-state index contributed by atoms with van der Waals surface area (Å²) in [5.41, 5.74) is 0. The molecule has 146 valence electrons. The molecule has 0 N–H and O–H groups in total. The van der Waals surface area contributed by atoms with Gasteiger partial charge in [0.25, 0.3) is 0 Å². The van der Waals surface area contributed by atoms with Crippen molar-refractivity contribution < 1.29 is 24.0 Å². The number of hydrogen-bond donors (Lipinski definition) is 0. The second kappa shape index (κ2) is 1.80. The van der Waals surface area contributed by atoms with Crippen LogP contribution in [0.15, 0.2) is 60.7 Å². The minimum atomic E-state index is -2.91. The molecular formula is C22H21Cl2FePPd. The Morgan fingerprint density at radius 1 is 0.630 bits per heavy atom. The average Bonchev–Trinajstić information content (AvgIpc) is 3.61. The maximum absolute atomic E-state index is 2.91. The van der Waals surface area contributed by atoms with Crippen molar-refractivity contribution >= 4 is 41.5 Å². The summed E-state index contributed by atoms with van der Waals surface area (Å²) in [6.45, 7) is -2.91. The van der Waals surface area contributed by atoms with Crippen LogP contribution >= 0.6 is 30.9 Å². The molecule has 0 aliphatic carbocycles. The van der Waals surface area contributed by atoms with E-state index in [1.807, 2.05) is 0 Å². The first-order valence-corrected chi connectivity index (χ1v) is 20.2. The zero-order valence-electron chi connectivity index (χ0n) is 14.4. The van der Waals surface area contributed by atoms with Gasteiger partial charge in [0, 0.05) is 0 Å². The molecule has 10 aliphatic heterocycles. The van der Waals surface area contributed by atoms with Crippen LogP contribution in [0.4, 0.5) is 0 Å². The van der Waals surface area contributed by atoms with Crippen LogP contribution in [0.5, 0.6) is 0 Å². The molecule has 12 rings (SSSR count). The Labute approximate surface area is 171 Å². The second-order valence-corrected chi connectivity index (χ2v) is 42.8. The van der Waals surface area contributed by atoms with Gasteiger partial charge < -0.3 is 0 Å². The van der Waals surface area contributed by atoms with E-state index in [1.54, 1.807) is 10.6 Å². The SMILES string of the molecule is Cl.Cl.c1ccc([P]([Pd][C]23[CH]4[CH]5[CH]6[CH]2[Fe]56432789[CH]3[CH]2[CH]7[CH]8[CH]39)c2ccccc2)cc1. The molecule has 5 heteroatoms. The zero-order valence-corrected chi connectivity index (χ0v) is 19.6. The summed E-state index contributed by atoms with van der Waals surface area (Å²) in [6.07, 6.45) is -0.0719. The van der Waals surface area contributed by atoms with E-state index < -0.39 is 6.51 Å². The van der Waals surface area contributed by atoms with Crippen LogP contribution in [0, 0.1) is 0 Å². The van der Waals surface area contributed by atoms with Gasteiger partial charge in [0.05, 0.1) is 0 Å². The molecule has 0 radical (unpaired) electrons. The van der Waals surface area contributed by atoms with Crippen LogP contribution in [0.25, 0.3) is 0 Å². The summed E-state index contributed by atoms with van der Waals surface area (Å²) in [6, 6.07) is 23.4. The van der Waals surface area contributed by atoms with E-state index in [1.165, 1.54) is 43.3 Å². The summed E-state index contributed by atoms with van der Waals surface area (Å²) in [7, 11) is 0. The first-order valence-electron chi connectivity index (χ1n) is 9.83. The van der Waals surface area contributed by atoms with Crippen LogP contribution in [-0.2, 0) is 24.0 Å². The predicted molar refractivity (Wildman–Crippen MR) is 110 cm³/mol. The van der Waals surface area contributed by atoms with Crippen molar-refractivity contribution in [3.05, 3.63) is 60.7 Å². The molecule has 2 aromatic rings. The molecule has 4 atom stereocenters. The van der Waals surface area contributed by atoms with E-state index in [-0.39, 0.29) is 30.9 Å². The molecule has 0 bridgehead atoms. The van der Waals surface area contributed by atoms with Gasteiger partial charge >= 0.3 is 148 Å². The van der Waals surface area contributed by atoms with Gasteiger partial charge in [0.15, 0.2) is 0 Å². The van der Waals surface area contributed by atoms with Crippen molar-refractivity contribution in [2.24, 2.45) is 0 Å². The average molecular weight is 550 g/mol. The van der Waals surface area contributed by atoms with Crippen molar-refractivity contribution in [1.29, 1.82) is 0 Å². The van der Waals surface area contributed by atoms with Crippen molar-refractivity contribution in [2.45, 2.75) is 46.1 Å². The normalized spacial score (nSPS) is 78.6. The Morgan fingerprint density at radius 2 is 1.04 bits per heavy atom. The predicted octanol–water partition coefficient (Wildman–Crippen LogP) is 6.68. The first kappa shape index (κ1) is 14.6. The molecule has 10 fully saturated rings. The quantitative estimate of drug-likeness (QED) is 0.295. The molecule has 0 saturated carbocycles. The fourth-order valence-electron chi connectivity index (χ4n) is 17.4. The van der Waals surface area contributed by atoms with Gasteiger partial charge in [-0.05, 0) is 0 Å². The van der Waals surface area contributed by atoms with E-state index in [4.69, 9.17) is 0 Å². The van der Waals surface area contributed by atoms with Crippen molar-refractivity contribution in [1.82, 2.24) is 0 Å². The van der Waals surface area contributed by atoms with Gasteiger partial charge in [-0.1, -0.05) is 0 Å². The van der Waals surface area contributed by atoms with Gasteiger partial charge in [-0.15, -0.1) is 24.8 Å². The van der Waals surface area contributed by atoms with Crippen LogP contribution in [0.1, 0.15) is 0 Å². The molecule has 10 aliphatic rings. The van der Waals surface area contributed by atoms with Crippen LogP contribution in [0.3, 0.4) is 0 Å². The van der Waals surface area contributed by atoms with E-state index in [0.29, 0.717) is 0 Å². The van der Waals surface area contributed by atoms with Gasteiger partial charge in [-0.3, -0.25) is 0 Å². The molecular weight excluding hydrogens is 528 g/mol. The van der Waals surface area contributed by atoms with E-state index in [9.17, 15) is 0 Å². The van der Waals surface area contributed by atoms with Crippen LogP contribution in [-0.4, -0.2) is 0 Å². The van der Waals surface area contributed by atoms with Gasteiger partial charge in [0.1, 0.15) is 0 Å². The van der Waals surface area contributed by atoms with Crippen molar-refractivity contribution in [3.8, 4) is 0 Å². The van der Waals surface area contributed by atoms with Crippen molar-refractivity contribution in [3.63, 3.8) is 0 Å². The third kappa shape index (κ3) is 0.274. The molecule has 27 heavy (non-hydrogen) atoms. The summed E-state index contributed by atoms with van der Waals surface area (Å²) in [5, 5.41) is 3.38. The summed E-state index contributed by atoms with van der Waals surface area (Å²) in [5.74, 6) is 0. The van der Waals surface area contributed by atoms with Crippen LogP contribution < -0.4 is 10.6 Å². The van der Waals surface area contributed by atoms with Gasteiger partial charge in [0.2, 0.25) is 0 Å². The monoisotopic (exact) mass is 548 g/mol. The molecule has 2 aromatic carbocycles. The number of rotatable bonds is 4. The number of hydrogen-bond acceptors (Lipinski definition) is 0. The Kier molecular flexibility index (Phi) is 0.973. The fourth-order valence-corrected chi connectivity index (χ4v) is 121. The molecule has 0 amide bonds. The third-order valence-corrected chi connectivity index (χ3v) is 73.8. The van der Waals surface area contributed by atoms with Crippen molar-refractivity contribution in [2.75, 3.05) is 0 Å². The fraction of sp³-hybridized carbons (Fsp3) is 0.455. The van der Waals surface area contributed by atoms with E-state index >= 15 is 0 Å². The maximum atomic E-state index is 2.46. The zero-order chi connectivity index (χ0) is 15.5. The van der Waals surface area contributed by atoms with Gasteiger partial charge in [-0.2, -0.15) is 0 Å². The Bertz CT molecular complexity index is 1350. The standard InChI is InChI=1S/C12H10P.C5H5.C5H4.2ClH.Fe.Pd/c1-3-7-11(8-4-1)13-12-9-5-2-6-10-12;2*1-2-4-5-3-1;;;;/h1-10H;1-5H;1-4H;2*1H;;/q-1;;;;;;+1. The Balaban J connectivity index is 0.000000589. The van der Waals surface area contributed by atoms with Crippen LogP contribution in [0.2, 0.25) is 46.1 Å². The molecule has 0 aromatic heterocycles. The third-order valence-electron chi connectivity index (χ3n) is 16.5. The van der Waals surface area contributed by atoms with E-state index in [2.05, 4.69) is 60.7 Å². The number of benzene rings is 2. The van der Waals surface area contributed by atoms with E-state index in [0.717, 1.165) is 20.3 Å². The molecule has 1 spiro atoms. The topological polar surface area (TPSA) is 0 Å². The second-order valence-electron chi connectivity index (χ2n) is 12.5. The Morgan fingerprint density at radius 3 is 1.33 bits per heavy atom. The Hall–Kier alpha value is 0.632. The first-order chi connectivity index (χ1) is 12.1. The number of fused-ring (bicyclic) bond motifs is 10. The molecule has 4 unspecified atom stereocenters. The molecule has 10 heterocycles. The molecule has 10 saturated heterocycles. The number of halogens is 2. The summed E-state index contributed by atoms with van der Waals surface area (Å²) >= 11 is 1.05. The molecule has 0 nitrogen and oxygen atoms in total. The van der Waals surface area contributed by atoms with Gasteiger partial charge in [-0.25, -0.2) is 0 Å².